The number of rotatable bonds is 3. The van der Waals surface area contributed by atoms with Gasteiger partial charge < -0.3 is 9.80 Å². The molecule has 0 aromatic heterocycles. The number of fused-ring (bicyclic) bond motifs is 1. The quantitative estimate of drug-likeness (QED) is 0.837. The number of hydrogen-bond acceptors (Lipinski definition) is 2. The molecule has 2 aliphatic rings. The van der Waals surface area contributed by atoms with Crippen molar-refractivity contribution >= 4 is 5.91 Å². The van der Waals surface area contributed by atoms with Crippen LogP contribution in [0.15, 0.2) is 42.5 Å². The molecule has 1 aliphatic heterocycles. The number of aryl methyl sites for hydroxylation is 1. The Balaban J connectivity index is 1.52. The first-order chi connectivity index (χ1) is 12.6. The van der Waals surface area contributed by atoms with Crippen LogP contribution in [0.25, 0.3) is 11.1 Å². The molecule has 4 rings (SSSR count). The minimum atomic E-state index is 0.0509. The summed E-state index contributed by atoms with van der Waals surface area (Å²) in [5, 5.41) is 0. The normalized spacial score (nSPS) is 20.0. The fourth-order valence-corrected chi connectivity index (χ4v) is 4.40. The summed E-state index contributed by atoms with van der Waals surface area (Å²) in [4.78, 5) is 16.4. The average molecular weight is 348 g/mol. The standard InChI is InChI=1S/C23H28N2O/c1-24(2)23(26)18-7-5-17(6-8-18)19-9-10-21-16-22(12-11-20(21)15-19)25-13-3-4-14-25/h5-10,15,22H,3-4,11-14,16H2,1-2H3. The van der Waals surface area contributed by atoms with Crippen molar-refractivity contribution in [2.45, 2.75) is 38.1 Å². The molecule has 1 aliphatic carbocycles. The largest absolute Gasteiger partial charge is 0.345 e. The third-order valence-corrected chi connectivity index (χ3v) is 5.94. The van der Waals surface area contributed by atoms with Crippen LogP contribution in [-0.2, 0) is 12.8 Å². The third kappa shape index (κ3) is 3.41. The summed E-state index contributed by atoms with van der Waals surface area (Å²) in [7, 11) is 3.57. The fourth-order valence-electron chi connectivity index (χ4n) is 4.40. The first-order valence-electron chi connectivity index (χ1n) is 9.80. The van der Waals surface area contributed by atoms with Crippen LogP contribution in [0.4, 0.5) is 0 Å². The van der Waals surface area contributed by atoms with Crippen LogP contribution in [0.2, 0.25) is 0 Å². The highest BCUT2D eigenvalue weighted by Gasteiger charge is 2.26. The number of amides is 1. The predicted octanol–water partition coefficient (Wildman–Crippen LogP) is 4.01. The molecule has 1 unspecified atom stereocenters. The highest BCUT2D eigenvalue weighted by molar-refractivity contribution is 5.94. The lowest BCUT2D eigenvalue weighted by molar-refractivity contribution is 0.0827. The lowest BCUT2D eigenvalue weighted by atomic mass is 9.85. The maximum atomic E-state index is 12.0. The van der Waals surface area contributed by atoms with E-state index >= 15 is 0 Å². The predicted molar refractivity (Wildman–Crippen MR) is 107 cm³/mol. The fraction of sp³-hybridized carbons (Fsp3) is 0.435. The second-order valence-electron chi connectivity index (χ2n) is 7.90. The molecule has 0 radical (unpaired) electrons. The van der Waals surface area contributed by atoms with Crippen LogP contribution in [0.5, 0.6) is 0 Å². The number of nitrogens with zero attached hydrogens (tertiary/aromatic N) is 2. The number of benzene rings is 2. The van der Waals surface area contributed by atoms with Gasteiger partial charge in [0.05, 0.1) is 0 Å². The molecule has 1 atom stereocenters. The monoisotopic (exact) mass is 348 g/mol. The van der Waals surface area contributed by atoms with Crippen molar-refractivity contribution in [3.8, 4) is 11.1 Å². The third-order valence-electron chi connectivity index (χ3n) is 5.94. The Bertz CT molecular complexity index is 788. The molecular formula is C23H28N2O. The zero-order valence-corrected chi connectivity index (χ0v) is 15.9. The van der Waals surface area contributed by atoms with Crippen LogP contribution < -0.4 is 0 Å². The number of likely N-dealkylation sites (tertiary alicyclic amines) is 1. The van der Waals surface area contributed by atoms with Crippen LogP contribution in [0.3, 0.4) is 0 Å². The van der Waals surface area contributed by atoms with Gasteiger partial charge in [0.25, 0.3) is 5.91 Å². The summed E-state index contributed by atoms with van der Waals surface area (Å²) in [5.41, 5.74) is 6.21. The van der Waals surface area contributed by atoms with E-state index < -0.39 is 0 Å². The molecule has 0 bridgehead atoms. The number of carbonyl (C=O) groups is 1. The van der Waals surface area contributed by atoms with Crippen molar-refractivity contribution in [1.29, 1.82) is 0 Å². The molecule has 26 heavy (non-hydrogen) atoms. The van der Waals surface area contributed by atoms with E-state index in [2.05, 4.69) is 35.2 Å². The van der Waals surface area contributed by atoms with Gasteiger partial charge in [-0.25, -0.2) is 0 Å². The minimum Gasteiger partial charge on any atom is -0.345 e. The summed E-state index contributed by atoms with van der Waals surface area (Å²) >= 11 is 0. The van der Waals surface area contributed by atoms with Gasteiger partial charge in [0.15, 0.2) is 0 Å². The first kappa shape index (κ1) is 17.3. The van der Waals surface area contributed by atoms with Crippen molar-refractivity contribution in [3.05, 3.63) is 59.2 Å². The van der Waals surface area contributed by atoms with Crippen LogP contribution in [0, 0.1) is 0 Å². The molecule has 0 spiro atoms. The van der Waals surface area contributed by atoms with Crippen LogP contribution >= 0.6 is 0 Å². The topological polar surface area (TPSA) is 23.6 Å². The molecular weight excluding hydrogens is 320 g/mol. The van der Waals surface area contributed by atoms with E-state index in [4.69, 9.17) is 0 Å². The highest BCUT2D eigenvalue weighted by atomic mass is 16.2. The van der Waals surface area contributed by atoms with Gasteiger partial charge in [-0.1, -0.05) is 30.3 Å². The Morgan fingerprint density at radius 3 is 2.35 bits per heavy atom. The van der Waals surface area contributed by atoms with Crippen LogP contribution in [0.1, 0.15) is 40.7 Å². The molecule has 1 heterocycles. The Morgan fingerprint density at radius 1 is 0.962 bits per heavy atom. The molecule has 2 aromatic rings. The lowest BCUT2D eigenvalue weighted by Gasteiger charge is -2.32. The average Bonchev–Trinajstić information content (AvgIpc) is 3.21. The zero-order valence-electron chi connectivity index (χ0n) is 15.9. The van der Waals surface area contributed by atoms with Crippen molar-refractivity contribution in [1.82, 2.24) is 9.80 Å². The second-order valence-corrected chi connectivity index (χ2v) is 7.90. The first-order valence-corrected chi connectivity index (χ1v) is 9.80. The van der Waals surface area contributed by atoms with E-state index in [1.807, 2.05) is 12.1 Å². The number of hydrogen-bond donors (Lipinski definition) is 0. The van der Waals surface area contributed by atoms with Gasteiger partial charge in [-0.15, -0.1) is 0 Å². The molecule has 3 nitrogen and oxygen atoms in total. The lowest BCUT2D eigenvalue weighted by Crippen LogP contribution is -2.37. The van der Waals surface area contributed by atoms with Crippen molar-refractivity contribution in [3.63, 3.8) is 0 Å². The van der Waals surface area contributed by atoms with E-state index in [9.17, 15) is 4.79 Å². The van der Waals surface area contributed by atoms with Gasteiger partial charge in [0.2, 0.25) is 0 Å². The van der Waals surface area contributed by atoms with Crippen molar-refractivity contribution < 1.29 is 4.79 Å². The van der Waals surface area contributed by atoms with Crippen molar-refractivity contribution in [2.24, 2.45) is 0 Å². The van der Waals surface area contributed by atoms with Crippen LogP contribution in [-0.4, -0.2) is 48.9 Å². The molecule has 1 saturated heterocycles. The molecule has 136 valence electrons. The molecule has 0 N–H and O–H groups in total. The SMILES string of the molecule is CN(C)C(=O)c1ccc(-c2ccc3c(c2)CCC(N2CCCC2)C3)cc1. The van der Waals surface area contributed by atoms with E-state index in [-0.39, 0.29) is 5.91 Å². The molecule has 3 heteroatoms. The highest BCUT2D eigenvalue weighted by Crippen LogP contribution is 2.30. The van der Waals surface area contributed by atoms with Gasteiger partial charge in [-0.2, -0.15) is 0 Å². The van der Waals surface area contributed by atoms with Gasteiger partial charge >= 0.3 is 0 Å². The summed E-state index contributed by atoms with van der Waals surface area (Å²) in [6.07, 6.45) is 6.41. The summed E-state index contributed by atoms with van der Waals surface area (Å²) < 4.78 is 0. The van der Waals surface area contributed by atoms with E-state index in [0.29, 0.717) is 0 Å². The molecule has 1 fully saturated rings. The molecule has 1 amide bonds. The van der Waals surface area contributed by atoms with Gasteiger partial charge in [0, 0.05) is 25.7 Å². The Morgan fingerprint density at radius 2 is 1.65 bits per heavy atom. The number of carbonyl (C=O) groups excluding carboxylic acids is 1. The zero-order chi connectivity index (χ0) is 18.1. The Labute approximate surface area is 156 Å². The van der Waals surface area contributed by atoms with E-state index in [0.717, 1.165) is 11.6 Å². The smallest absolute Gasteiger partial charge is 0.253 e. The minimum absolute atomic E-state index is 0.0509. The summed E-state index contributed by atoms with van der Waals surface area (Å²) in [5.74, 6) is 0.0509. The van der Waals surface area contributed by atoms with Gasteiger partial charge in [-0.3, -0.25) is 4.79 Å². The van der Waals surface area contributed by atoms with Crippen molar-refractivity contribution in [2.75, 3.05) is 27.2 Å². The Hall–Kier alpha value is -2.13. The maximum Gasteiger partial charge on any atom is 0.253 e. The maximum absolute atomic E-state index is 12.0. The Kier molecular flexibility index (Phi) is 4.82. The van der Waals surface area contributed by atoms with E-state index in [1.165, 1.54) is 67.4 Å². The van der Waals surface area contributed by atoms with E-state index in [1.54, 1.807) is 19.0 Å². The van der Waals surface area contributed by atoms with Gasteiger partial charge in [-0.05, 0) is 79.6 Å². The summed E-state index contributed by atoms with van der Waals surface area (Å²) in [6.45, 7) is 2.58. The summed E-state index contributed by atoms with van der Waals surface area (Å²) in [6, 6.07) is 15.7. The van der Waals surface area contributed by atoms with Gasteiger partial charge in [0.1, 0.15) is 0 Å². The molecule has 2 aromatic carbocycles. The molecule has 0 saturated carbocycles. The second kappa shape index (κ2) is 7.24.